The number of imide groups is 1. The number of piperazine rings is 1. The number of anilines is 2. The summed E-state index contributed by atoms with van der Waals surface area (Å²) in [7, 11) is 0. The second-order valence-corrected chi connectivity index (χ2v) is 7.91. The first-order valence-corrected chi connectivity index (χ1v) is 10.4. The fourth-order valence-corrected chi connectivity index (χ4v) is 3.93. The molecule has 8 heteroatoms. The average molecular weight is 456 g/mol. The highest BCUT2D eigenvalue weighted by Crippen LogP contribution is 2.27. The number of aromatic nitrogens is 1. The lowest BCUT2D eigenvalue weighted by Crippen LogP contribution is -2.46. The van der Waals surface area contributed by atoms with Gasteiger partial charge in [-0.05, 0) is 36.9 Å². The van der Waals surface area contributed by atoms with Crippen molar-refractivity contribution in [2.45, 2.75) is 6.92 Å². The molecule has 0 radical (unpaired) electrons. The summed E-state index contributed by atoms with van der Waals surface area (Å²) in [6.07, 6.45) is 3.44. The number of nitrogens with zero attached hydrogens (tertiary/aromatic N) is 3. The van der Waals surface area contributed by atoms with Gasteiger partial charge in [0, 0.05) is 48.0 Å². The number of hydrogen-bond donors (Lipinski definition) is 2. The third-order valence-electron chi connectivity index (χ3n) is 5.29. The minimum atomic E-state index is -0.432. The summed E-state index contributed by atoms with van der Waals surface area (Å²) in [6.45, 7) is 7.38. The van der Waals surface area contributed by atoms with Crippen molar-refractivity contribution in [3.8, 4) is 0 Å². The van der Waals surface area contributed by atoms with Gasteiger partial charge in [0.15, 0.2) is 0 Å². The Labute approximate surface area is 177 Å². The second kappa shape index (κ2) is 8.34. The lowest BCUT2D eigenvalue weighted by molar-refractivity contribution is -0.114. The van der Waals surface area contributed by atoms with Crippen molar-refractivity contribution in [2.75, 3.05) is 42.9 Å². The fraction of sp³-hybridized carbons (Fsp3) is 0.286. The Kier molecular flexibility index (Phi) is 5.64. The molecule has 3 heterocycles. The molecular formula is C21H22BrN5O2. The number of likely N-dealkylation sites (N-methyl/N-ethyl adjacent to an activating group) is 1. The van der Waals surface area contributed by atoms with Crippen LogP contribution in [0, 0.1) is 0 Å². The maximum Gasteiger partial charge on any atom is 0.260 e. The Morgan fingerprint density at radius 3 is 2.59 bits per heavy atom. The monoisotopic (exact) mass is 455 g/mol. The minimum absolute atomic E-state index is 0.389. The van der Waals surface area contributed by atoms with Gasteiger partial charge < -0.3 is 15.1 Å². The lowest BCUT2D eigenvalue weighted by atomic mass is 9.96. The summed E-state index contributed by atoms with van der Waals surface area (Å²) in [4.78, 5) is 33.6. The normalized spacial score (nSPS) is 18.6. The van der Waals surface area contributed by atoms with Crippen molar-refractivity contribution in [3.05, 3.63) is 58.3 Å². The predicted molar refractivity (Wildman–Crippen MR) is 117 cm³/mol. The van der Waals surface area contributed by atoms with E-state index in [1.165, 1.54) is 0 Å². The Balaban J connectivity index is 1.49. The number of pyridine rings is 1. The summed E-state index contributed by atoms with van der Waals surface area (Å²) in [5, 5.41) is 5.45. The number of carbonyl (C=O) groups is 2. The molecule has 4 rings (SSSR count). The number of hydrogen-bond acceptors (Lipinski definition) is 6. The van der Waals surface area contributed by atoms with E-state index in [0.717, 1.165) is 42.9 Å². The Bertz CT molecular complexity index is 966. The van der Waals surface area contributed by atoms with Gasteiger partial charge in [-0.15, -0.1) is 0 Å². The number of carbonyl (C=O) groups excluding carboxylic acids is 2. The van der Waals surface area contributed by atoms with E-state index in [4.69, 9.17) is 0 Å². The topological polar surface area (TPSA) is 77.6 Å². The zero-order valence-corrected chi connectivity index (χ0v) is 17.7. The number of nitrogens with one attached hydrogen (secondary N) is 2. The Morgan fingerprint density at radius 1 is 1.10 bits per heavy atom. The Hall–Kier alpha value is -2.71. The van der Waals surface area contributed by atoms with Crippen molar-refractivity contribution in [3.63, 3.8) is 0 Å². The van der Waals surface area contributed by atoms with E-state index < -0.39 is 5.91 Å². The van der Waals surface area contributed by atoms with Gasteiger partial charge in [0.2, 0.25) is 0 Å². The van der Waals surface area contributed by atoms with Crippen LogP contribution in [-0.4, -0.2) is 54.4 Å². The van der Waals surface area contributed by atoms with E-state index in [1.54, 1.807) is 24.4 Å². The average Bonchev–Trinajstić information content (AvgIpc) is 2.74. The number of benzene rings is 1. The van der Waals surface area contributed by atoms with Gasteiger partial charge in [0.25, 0.3) is 11.8 Å². The number of rotatable bonds is 4. The van der Waals surface area contributed by atoms with E-state index in [2.05, 4.69) is 48.3 Å². The third kappa shape index (κ3) is 4.18. The molecule has 150 valence electrons. The molecule has 1 aromatic carbocycles. The van der Waals surface area contributed by atoms with Gasteiger partial charge in [0.1, 0.15) is 5.82 Å². The van der Waals surface area contributed by atoms with Gasteiger partial charge in [0.05, 0.1) is 17.5 Å². The number of halogens is 1. The zero-order chi connectivity index (χ0) is 20.4. The van der Waals surface area contributed by atoms with Crippen molar-refractivity contribution < 1.29 is 9.59 Å². The number of amides is 2. The fourth-order valence-electron chi connectivity index (χ4n) is 3.57. The third-order valence-corrected chi connectivity index (χ3v) is 5.78. The van der Waals surface area contributed by atoms with Gasteiger partial charge in [-0.2, -0.15) is 0 Å². The molecule has 0 aliphatic carbocycles. The molecule has 2 N–H and O–H groups in total. The van der Waals surface area contributed by atoms with Crippen LogP contribution in [0.25, 0.3) is 5.57 Å². The van der Waals surface area contributed by atoms with Crippen LogP contribution in [0.3, 0.4) is 0 Å². The number of fused-ring (bicyclic) bond motifs is 1. The molecule has 0 saturated carbocycles. The maximum atomic E-state index is 12.3. The van der Waals surface area contributed by atoms with Crippen LogP contribution < -0.4 is 15.5 Å². The van der Waals surface area contributed by atoms with Gasteiger partial charge >= 0.3 is 0 Å². The first kappa shape index (κ1) is 19.6. The van der Waals surface area contributed by atoms with Gasteiger partial charge in [-0.1, -0.05) is 22.9 Å². The molecule has 1 saturated heterocycles. The first-order chi connectivity index (χ1) is 14.0. The molecular weight excluding hydrogens is 434 g/mol. The standard InChI is InChI=1S/C21H22BrN5O2/c1-2-26-7-9-27(10-8-26)15-4-6-19(23-12-15)24-13-18-17-11-14(22)3-5-16(17)20(28)25-21(18)29/h3-6,11-13H,2,7-10H2,1H3,(H,23,24)(H,25,28,29)/b18-13-. The van der Waals surface area contributed by atoms with Crippen LogP contribution in [0.2, 0.25) is 0 Å². The molecule has 7 nitrogen and oxygen atoms in total. The molecule has 0 atom stereocenters. The molecule has 29 heavy (non-hydrogen) atoms. The summed E-state index contributed by atoms with van der Waals surface area (Å²) in [5.41, 5.74) is 2.54. The van der Waals surface area contributed by atoms with Crippen molar-refractivity contribution in [1.29, 1.82) is 0 Å². The second-order valence-electron chi connectivity index (χ2n) is 7.00. The smallest absolute Gasteiger partial charge is 0.260 e. The van der Waals surface area contributed by atoms with Crippen LogP contribution in [0.5, 0.6) is 0 Å². The SMILES string of the molecule is CCN1CCN(c2ccc(N/C=C3\C(=O)NC(=O)c4ccc(Br)cc43)nc2)CC1. The molecule has 0 unspecified atom stereocenters. The van der Waals surface area contributed by atoms with Gasteiger partial charge in [-0.25, -0.2) is 4.98 Å². The highest BCUT2D eigenvalue weighted by molar-refractivity contribution is 9.10. The molecule has 0 spiro atoms. The summed E-state index contributed by atoms with van der Waals surface area (Å²) < 4.78 is 0.801. The molecule has 0 bridgehead atoms. The minimum Gasteiger partial charge on any atom is -0.368 e. The largest absolute Gasteiger partial charge is 0.368 e. The van der Waals surface area contributed by atoms with E-state index in [1.807, 2.05) is 18.3 Å². The van der Waals surface area contributed by atoms with Crippen LogP contribution >= 0.6 is 15.9 Å². The van der Waals surface area contributed by atoms with E-state index >= 15 is 0 Å². The predicted octanol–water partition coefficient (Wildman–Crippen LogP) is 2.71. The molecule has 1 aromatic heterocycles. The molecule has 2 aliphatic heterocycles. The lowest BCUT2D eigenvalue weighted by Gasteiger charge is -2.35. The van der Waals surface area contributed by atoms with Crippen molar-refractivity contribution >= 4 is 44.8 Å². The van der Waals surface area contributed by atoms with Gasteiger partial charge in [-0.3, -0.25) is 14.9 Å². The summed E-state index contributed by atoms with van der Waals surface area (Å²) in [6, 6.07) is 9.17. The molecule has 2 aliphatic rings. The van der Waals surface area contributed by atoms with Crippen LogP contribution in [-0.2, 0) is 4.79 Å². The quantitative estimate of drug-likeness (QED) is 0.545. The van der Waals surface area contributed by atoms with Crippen molar-refractivity contribution in [1.82, 2.24) is 15.2 Å². The highest BCUT2D eigenvalue weighted by atomic mass is 79.9. The summed E-state index contributed by atoms with van der Waals surface area (Å²) >= 11 is 3.40. The molecule has 2 aromatic rings. The molecule has 2 amide bonds. The van der Waals surface area contributed by atoms with Crippen LogP contribution in [0.1, 0.15) is 22.8 Å². The van der Waals surface area contributed by atoms with E-state index in [9.17, 15) is 9.59 Å². The summed E-state index contributed by atoms with van der Waals surface area (Å²) in [5.74, 6) is -0.187. The first-order valence-electron chi connectivity index (χ1n) is 9.61. The van der Waals surface area contributed by atoms with Crippen LogP contribution in [0.15, 0.2) is 47.2 Å². The zero-order valence-electron chi connectivity index (χ0n) is 16.1. The highest BCUT2D eigenvalue weighted by Gasteiger charge is 2.27. The van der Waals surface area contributed by atoms with Crippen LogP contribution in [0.4, 0.5) is 11.5 Å². The van der Waals surface area contributed by atoms with E-state index in [-0.39, 0.29) is 5.91 Å². The van der Waals surface area contributed by atoms with Crippen molar-refractivity contribution in [2.24, 2.45) is 0 Å². The molecule has 1 fully saturated rings. The Morgan fingerprint density at radius 2 is 1.90 bits per heavy atom. The van der Waals surface area contributed by atoms with E-state index in [0.29, 0.717) is 22.5 Å². The maximum absolute atomic E-state index is 12.3.